The number of carbonyl (C=O) groups excluding carboxylic acids is 1. The van der Waals surface area contributed by atoms with E-state index in [-0.39, 0.29) is 0 Å². The smallest absolute Gasteiger partial charge is 0.337 e. The summed E-state index contributed by atoms with van der Waals surface area (Å²) in [6.07, 6.45) is 1.06. The van der Waals surface area contributed by atoms with Crippen molar-refractivity contribution < 1.29 is 17.9 Å². The molecule has 0 aromatic heterocycles. The minimum Gasteiger partial charge on any atom is -0.465 e. The zero-order valence-corrected chi connectivity index (χ0v) is 9.17. The summed E-state index contributed by atoms with van der Waals surface area (Å²) in [5, 5.41) is 0. The van der Waals surface area contributed by atoms with Gasteiger partial charge in [0.25, 0.3) is 0 Å². The van der Waals surface area contributed by atoms with Gasteiger partial charge in [-0.2, -0.15) is 0 Å². The first kappa shape index (κ1) is 11.5. The van der Waals surface area contributed by atoms with Crippen LogP contribution in [0.25, 0.3) is 0 Å². The molecule has 0 aliphatic carbocycles. The van der Waals surface area contributed by atoms with Crippen LogP contribution in [0.3, 0.4) is 0 Å². The maximum absolute atomic E-state index is 11.0. The van der Waals surface area contributed by atoms with Crippen LogP contribution in [-0.4, -0.2) is 27.8 Å². The summed E-state index contributed by atoms with van der Waals surface area (Å²) in [5.41, 5.74) is 0.779. The van der Waals surface area contributed by atoms with Crippen molar-refractivity contribution in [3.8, 4) is 0 Å². The Morgan fingerprint density at radius 1 is 1.27 bits per heavy atom. The van der Waals surface area contributed by atoms with Gasteiger partial charge in [-0.1, -0.05) is 0 Å². The van der Waals surface area contributed by atoms with Crippen molar-refractivity contribution in [2.75, 3.05) is 18.1 Å². The summed E-state index contributed by atoms with van der Waals surface area (Å²) < 4.78 is 28.5. The standard InChI is InChI=1S/C9H11NO4S/c1-14-9(11)7-3-5-8(6-4-7)10-15(2,12)13/h3-6,10H,1-2H3. The van der Waals surface area contributed by atoms with Crippen LogP contribution in [0.15, 0.2) is 24.3 Å². The Morgan fingerprint density at radius 2 is 1.80 bits per heavy atom. The van der Waals surface area contributed by atoms with Crippen LogP contribution in [0.2, 0.25) is 0 Å². The molecular weight excluding hydrogens is 218 g/mol. The molecule has 1 aromatic carbocycles. The van der Waals surface area contributed by atoms with E-state index in [0.29, 0.717) is 11.3 Å². The fraction of sp³-hybridized carbons (Fsp3) is 0.222. The monoisotopic (exact) mass is 229 g/mol. The lowest BCUT2D eigenvalue weighted by Gasteiger charge is -2.04. The van der Waals surface area contributed by atoms with Gasteiger partial charge in [-0.05, 0) is 24.3 Å². The predicted octanol–water partition coefficient (Wildman–Crippen LogP) is 0.845. The first-order valence-corrected chi connectivity index (χ1v) is 5.97. The number of esters is 1. The molecule has 1 rings (SSSR count). The number of anilines is 1. The van der Waals surface area contributed by atoms with Gasteiger partial charge in [0.15, 0.2) is 0 Å². The molecule has 1 aromatic rings. The Morgan fingerprint density at radius 3 is 2.20 bits per heavy atom. The number of ether oxygens (including phenoxy) is 1. The number of hydrogen-bond acceptors (Lipinski definition) is 4. The van der Waals surface area contributed by atoms with Crippen molar-refractivity contribution in [2.45, 2.75) is 0 Å². The summed E-state index contributed by atoms with van der Waals surface area (Å²) in [6, 6.07) is 5.96. The van der Waals surface area contributed by atoms with E-state index < -0.39 is 16.0 Å². The number of hydrogen-bond donors (Lipinski definition) is 1. The van der Waals surface area contributed by atoms with Gasteiger partial charge in [-0.15, -0.1) is 0 Å². The molecule has 0 radical (unpaired) electrons. The molecule has 0 unspecified atom stereocenters. The summed E-state index contributed by atoms with van der Waals surface area (Å²) in [5.74, 6) is -0.457. The summed E-state index contributed by atoms with van der Waals surface area (Å²) in [4.78, 5) is 11.0. The maximum Gasteiger partial charge on any atom is 0.337 e. The Hall–Kier alpha value is -1.56. The molecule has 0 aliphatic heterocycles. The Kier molecular flexibility index (Phi) is 3.31. The third-order valence-corrected chi connectivity index (χ3v) is 2.22. The molecule has 0 amide bonds. The van der Waals surface area contributed by atoms with Crippen LogP contribution in [-0.2, 0) is 14.8 Å². The van der Waals surface area contributed by atoms with Crippen LogP contribution < -0.4 is 4.72 Å². The highest BCUT2D eigenvalue weighted by molar-refractivity contribution is 7.92. The normalized spacial score (nSPS) is 10.8. The predicted molar refractivity (Wildman–Crippen MR) is 56.2 cm³/mol. The fourth-order valence-electron chi connectivity index (χ4n) is 1.01. The van der Waals surface area contributed by atoms with Gasteiger partial charge in [-0.25, -0.2) is 13.2 Å². The zero-order chi connectivity index (χ0) is 11.5. The highest BCUT2D eigenvalue weighted by Gasteiger charge is 2.05. The summed E-state index contributed by atoms with van der Waals surface area (Å²) in [7, 11) is -2.00. The molecule has 6 heteroatoms. The molecule has 0 atom stereocenters. The SMILES string of the molecule is COC(=O)c1ccc(NS(C)(=O)=O)cc1. The van der Waals surface area contributed by atoms with Crippen molar-refractivity contribution in [3.05, 3.63) is 29.8 Å². The summed E-state index contributed by atoms with van der Waals surface area (Å²) in [6.45, 7) is 0. The highest BCUT2D eigenvalue weighted by atomic mass is 32.2. The van der Waals surface area contributed by atoms with Crippen molar-refractivity contribution >= 4 is 21.7 Å². The van der Waals surface area contributed by atoms with E-state index in [9.17, 15) is 13.2 Å². The molecule has 5 nitrogen and oxygen atoms in total. The molecule has 1 N–H and O–H groups in total. The zero-order valence-electron chi connectivity index (χ0n) is 8.35. The Balaban J connectivity index is 2.86. The molecule has 0 spiro atoms. The maximum atomic E-state index is 11.0. The second-order valence-corrected chi connectivity index (χ2v) is 4.69. The van der Waals surface area contributed by atoms with Crippen LogP contribution in [0, 0.1) is 0 Å². The Labute approximate surface area is 88.1 Å². The van der Waals surface area contributed by atoms with E-state index >= 15 is 0 Å². The lowest BCUT2D eigenvalue weighted by molar-refractivity contribution is 0.0601. The molecule has 0 saturated heterocycles. The number of nitrogens with one attached hydrogen (secondary N) is 1. The number of rotatable bonds is 3. The van der Waals surface area contributed by atoms with Crippen LogP contribution >= 0.6 is 0 Å². The number of benzene rings is 1. The van der Waals surface area contributed by atoms with Gasteiger partial charge >= 0.3 is 5.97 Å². The highest BCUT2D eigenvalue weighted by Crippen LogP contribution is 2.11. The second kappa shape index (κ2) is 4.31. The van der Waals surface area contributed by atoms with E-state index in [0.717, 1.165) is 6.26 Å². The van der Waals surface area contributed by atoms with E-state index in [1.165, 1.54) is 31.4 Å². The fourth-order valence-corrected chi connectivity index (χ4v) is 1.57. The largest absolute Gasteiger partial charge is 0.465 e. The number of methoxy groups -OCH3 is 1. The minimum atomic E-state index is -3.28. The molecule has 0 aliphatic rings. The van der Waals surface area contributed by atoms with Gasteiger partial charge < -0.3 is 4.74 Å². The van der Waals surface area contributed by atoms with E-state index in [4.69, 9.17) is 0 Å². The summed E-state index contributed by atoms with van der Waals surface area (Å²) >= 11 is 0. The average molecular weight is 229 g/mol. The molecule has 0 heterocycles. The van der Waals surface area contributed by atoms with Crippen LogP contribution in [0.5, 0.6) is 0 Å². The second-order valence-electron chi connectivity index (χ2n) is 2.94. The third-order valence-electron chi connectivity index (χ3n) is 1.61. The van der Waals surface area contributed by atoms with Crippen molar-refractivity contribution in [1.29, 1.82) is 0 Å². The molecule has 0 fully saturated rings. The first-order chi connectivity index (χ1) is 6.92. The van der Waals surface area contributed by atoms with Crippen molar-refractivity contribution in [2.24, 2.45) is 0 Å². The van der Waals surface area contributed by atoms with Gasteiger partial charge in [0.2, 0.25) is 10.0 Å². The van der Waals surface area contributed by atoms with Crippen molar-refractivity contribution in [3.63, 3.8) is 0 Å². The van der Waals surface area contributed by atoms with Gasteiger partial charge in [-0.3, -0.25) is 4.72 Å². The van der Waals surface area contributed by atoms with Gasteiger partial charge in [0.05, 0.1) is 18.9 Å². The van der Waals surface area contributed by atoms with E-state index in [1.807, 2.05) is 0 Å². The van der Waals surface area contributed by atoms with Gasteiger partial charge in [0, 0.05) is 5.69 Å². The van der Waals surface area contributed by atoms with E-state index in [2.05, 4.69) is 9.46 Å². The molecule has 82 valence electrons. The van der Waals surface area contributed by atoms with E-state index in [1.54, 1.807) is 0 Å². The van der Waals surface area contributed by atoms with Gasteiger partial charge in [0.1, 0.15) is 0 Å². The first-order valence-electron chi connectivity index (χ1n) is 4.08. The van der Waals surface area contributed by atoms with Crippen LogP contribution in [0.1, 0.15) is 10.4 Å². The lowest BCUT2D eigenvalue weighted by atomic mass is 10.2. The van der Waals surface area contributed by atoms with Crippen LogP contribution in [0.4, 0.5) is 5.69 Å². The minimum absolute atomic E-state index is 0.372. The topological polar surface area (TPSA) is 72.5 Å². The molecule has 15 heavy (non-hydrogen) atoms. The lowest BCUT2D eigenvalue weighted by Crippen LogP contribution is -2.09. The third kappa shape index (κ3) is 3.59. The molecular formula is C9H11NO4S. The molecule has 0 saturated carbocycles. The number of carbonyl (C=O) groups is 1. The Bertz CT molecular complexity index is 450. The van der Waals surface area contributed by atoms with Crippen molar-refractivity contribution in [1.82, 2.24) is 0 Å². The number of sulfonamides is 1. The quantitative estimate of drug-likeness (QED) is 0.780. The average Bonchev–Trinajstić information content (AvgIpc) is 2.15. The molecule has 0 bridgehead atoms.